The highest BCUT2D eigenvalue weighted by atomic mass is 19.1. The van der Waals surface area contributed by atoms with Gasteiger partial charge in [0.15, 0.2) is 11.6 Å². The van der Waals surface area contributed by atoms with Crippen LogP contribution in [0.15, 0.2) is 35.1 Å². The maximum absolute atomic E-state index is 14.4. The molecule has 3 aromatic rings. The summed E-state index contributed by atoms with van der Waals surface area (Å²) in [5.74, 6) is -0.475. The normalized spacial score (nSPS) is 18.7. The number of hydrogen-bond acceptors (Lipinski definition) is 6. The number of nitrogens with zero attached hydrogens (tertiary/aromatic N) is 3. The van der Waals surface area contributed by atoms with Gasteiger partial charge in [0.25, 0.3) is 11.2 Å². The van der Waals surface area contributed by atoms with Gasteiger partial charge in [0, 0.05) is 31.2 Å². The molecule has 1 fully saturated rings. The summed E-state index contributed by atoms with van der Waals surface area (Å²) in [6, 6.07) is 5.87. The van der Waals surface area contributed by atoms with Crippen molar-refractivity contribution >= 4 is 16.6 Å². The van der Waals surface area contributed by atoms with E-state index in [9.17, 15) is 23.7 Å². The van der Waals surface area contributed by atoms with Crippen LogP contribution in [0.1, 0.15) is 23.9 Å². The van der Waals surface area contributed by atoms with Crippen LogP contribution in [0, 0.1) is 22.9 Å². The van der Waals surface area contributed by atoms with Crippen LogP contribution in [0.4, 0.5) is 14.5 Å². The van der Waals surface area contributed by atoms with Crippen LogP contribution in [0.2, 0.25) is 0 Å². The molecule has 1 saturated heterocycles. The van der Waals surface area contributed by atoms with Gasteiger partial charge in [0.2, 0.25) is 0 Å². The Hall–Kier alpha value is -3.40. The minimum Gasteiger partial charge on any atom is -0.494 e. The van der Waals surface area contributed by atoms with Gasteiger partial charge >= 0.3 is 0 Å². The minimum atomic E-state index is -1.11. The van der Waals surface area contributed by atoms with Crippen LogP contribution in [-0.4, -0.2) is 34.3 Å². The molecule has 0 bridgehead atoms. The van der Waals surface area contributed by atoms with Gasteiger partial charge in [-0.25, -0.2) is 13.8 Å². The lowest BCUT2D eigenvalue weighted by Crippen LogP contribution is -2.29. The van der Waals surface area contributed by atoms with E-state index >= 15 is 0 Å². The molecule has 0 amide bonds. The summed E-state index contributed by atoms with van der Waals surface area (Å²) in [4.78, 5) is 28.6. The third kappa shape index (κ3) is 3.28. The van der Waals surface area contributed by atoms with Gasteiger partial charge in [-0.3, -0.25) is 19.5 Å². The van der Waals surface area contributed by atoms with Crippen molar-refractivity contribution in [2.45, 2.75) is 25.6 Å². The number of benzene rings is 2. The van der Waals surface area contributed by atoms with Gasteiger partial charge < -0.3 is 10.1 Å². The molecule has 2 atom stereocenters. The third-order valence-corrected chi connectivity index (χ3v) is 5.17. The van der Waals surface area contributed by atoms with E-state index in [-0.39, 0.29) is 46.8 Å². The number of ether oxygens (including phenoxy) is 1. The van der Waals surface area contributed by atoms with E-state index in [1.807, 2.05) is 0 Å². The number of rotatable bonds is 4. The van der Waals surface area contributed by atoms with E-state index in [0.717, 1.165) is 12.1 Å². The topological polar surface area (TPSA) is 99.3 Å². The number of hydrogen-bond donors (Lipinski definition) is 1. The first-order chi connectivity index (χ1) is 14.3. The third-order valence-electron chi connectivity index (χ3n) is 5.17. The first kappa shape index (κ1) is 19.9. The lowest BCUT2D eigenvalue weighted by molar-refractivity contribution is -0.384. The van der Waals surface area contributed by atoms with Crippen LogP contribution in [0.25, 0.3) is 16.6 Å². The fourth-order valence-corrected chi connectivity index (χ4v) is 3.73. The van der Waals surface area contributed by atoms with Crippen molar-refractivity contribution < 1.29 is 18.4 Å². The van der Waals surface area contributed by atoms with Crippen LogP contribution in [0.5, 0.6) is 5.75 Å². The summed E-state index contributed by atoms with van der Waals surface area (Å²) in [6.45, 7) is 1.72. The number of aromatic nitrogens is 2. The molecule has 10 heteroatoms. The molecule has 1 aromatic heterocycles. The van der Waals surface area contributed by atoms with E-state index in [1.54, 1.807) is 6.92 Å². The summed E-state index contributed by atoms with van der Waals surface area (Å²) in [6.07, 6.45) is -1.01. The van der Waals surface area contributed by atoms with Gasteiger partial charge in [-0.1, -0.05) is 0 Å². The fourth-order valence-electron chi connectivity index (χ4n) is 3.73. The monoisotopic (exact) mass is 416 g/mol. The molecule has 2 aromatic carbocycles. The quantitative estimate of drug-likeness (QED) is 0.518. The molecule has 0 spiro atoms. The number of nitrogens with one attached hydrogen (secondary N) is 1. The highest BCUT2D eigenvalue weighted by molar-refractivity contribution is 5.84. The van der Waals surface area contributed by atoms with Gasteiger partial charge in [-0.2, -0.15) is 0 Å². The zero-order valence-electron chi connectivity index (χ0n) is 16.2. The van der Waals surface area contributed by atoms with Crippen molar-refractivity contribution in [3.05, 3.63) is 68.0 Å². The van der Waals surface area contributed by atoms with Crippen molar-refractivity contribution in [1.29, 1.82) is 0 Å². The lowest BCUT2D eigenvalue weighted by Gasteiger charge is -2.19. The van der Waals surface area contributed by atoms with E-state index < -0.39 is 28.5 Å². The number of nitro benzene ring substituents is 1. The molecule has 8 nitrogen and oxygen atoms in total. The first-order valence-electron chi connectivity index (χ1n) is 9.23. The van der Waals surface area contributed by atoms with Gasteiger partial charge in [-0.05, 0) is 24.6 Å². The zero-order valence-corrected chi connectivity index (χ0v) is 16.2. The van der Waals surface area contributed by atoms with E-state index in [0.29, 0.717) is 5.56 Å². The van der Waals surface area contributed by atoms with E-state index in [4.69, 9.17) is 4.74 Å². The Labute approximate surface area is 169 Å². The number of non-ortho nitro benzene ring substituents is 1. The number of alkyl halides is 1. The van der Waals surface area contributed by atoms with Crippen molar-refractivity contribution in [2.75, 3.05) is 13.7 Å². The second kappa shape index (κ2) is 7.45. The number of methoxy groups -OCH3 is 1. The Morgan fingerprint density at radius 2 is 2.10 bits per heavy atom. The van der Waals surface area contributed by atoms with Crippen molar-refractivity contribution in [2.24, 2.45) is 0 Å². The zero-order chi connectivity index (χ0) is 21.6. The molecular formula is C20H18F2N4O4. The predicted octanol–water partition coefficient (Wildman–Crippen LogP) is 3.12. The molecule has 0 unspecified atom stereocenters. The molecule has 156 valence electrons. The Kier molecular flexibility index (Phi) is 4.94. The molecular weight excluding hydrogens is 398 g/mol. The van der Waals surface area contributed by atoms with Crippen LogP contribution < -0.4 is 15.6 Å². The van der Waals surface area contributed by atoms with Crippen molar-refractivity contribution in [3.8, 4) is 11.4 Å². The number of aryl methyl sites for hydroxylation is 1. The Morgan fingerprint density at radius 3 is 2.70 bits per heavy atom. The fraction of sp³-hybridized carbons (Fsp3) is 0.300. The summed E-state index contributed by atoms with van der Waals surface area (Å²) < 4.78 is 34.3. The van der Waals surface area contributed by atoms with Gasteiger partial charge in [-0.15, -0.1) is 0 Å². The molecule has 0 radical (unpaired) electrons. The average molecular weight is 416 g/mol. The smallest absolute Gasteiger partial charge is 0.270 e. The number of halogens is 2. The molecule has 1 N–H and O–H groups in total. The first-order valence-corrected chi connectivity index (χ1v) is 9.23. The molecule has 2 heterocycles. The van der Waals surface area contributed by atoms with E-state index in [1.165, 1.54) is 29.9 Å². The largest absolute Gasteiger partial charge is 0.494 e. The van der Waals surface area contributed by atoms with Crippen LogP contribution in [0.3, 0.4) is 0 Å². The van der Waals surface area contributed by atoms with Crippen molar-refractivity contribution in [1.82, 2.24) is 14.9 Å². The molecule has 4 rings (SSSR count). The molecule has 0 saturated carbocycles. The van der Waals surface area contributed by atoms with Crippen molar-refractivity contribution in [3.63, 3.8) is 0 Å². The molecule has 1 aliphatic rings. The van der Waals surface area contributed by atoms with E-state index in [2.05, 4.69) is 10.3 Å². The summed E-state index contributed by atoms with van der Waals surface area (Å²) >= 11 is 0. The maximum atomic E-state index is 14.4. The van der Waals surface area contributed by atoms with Gasteiger partial charge in [0.1, 0.15) is 12.0 Å². The highest BCUT2D eigenvalue weighted by Crippen LogP contribution is 2.29. The Balaban J connectivity index is 2.04. The van der Waals surface area contributed by atoms with Crippen LogP contribution >= 0.6 is 0 Å². The lowest BCUT2D eigenvalue weighted by atomic mass is 10.1. The summed E-state index contributed by atoms with van der Waals surface area (Å²) in [5, 5.41) is 14.3. The second-order valence-corrected chi connectivity index (χ2v) is 7.14. The highest BCUT2D eigenvalue weighted by Gasteiger charge is 2.30. The minimum absolute atomic E-state index is 0.00334. The Bertz CT molecular complexity index is 1230. The number of nitro groups is 1. The molecule has 1 aliphatic heterocycles. The van der Waals surface area contributed by atoms with Gasteiger partial charge in [0.05, 0.1) is 34.7 Å². The second-order valence-electron chi connectivity index (χ2n) is 7.14. The van der Waals surface area contributed by atoms with Crippen LogP contribution in [-0.2, 0) is 0 Å². The standard InChI is InChI=1S/C20H18F2N4O4/c1-10-5-13(26(28)29)7-14-18(10)24-19(16-6-11(21)9-23-16)25(20(14)27)12-3-4-17(30-2)15(22)8-12/h3-5,7-8,11,16,23H,6,9H2,1-2H3/t11-,16+/m0/s1. The molecule has 30 heavy (non-hydrogen) atoms. The predicted molar refractivity (Wildman–Crippen MR) is 105 cm³/mol. The Morgan fingerprint density at radius 1 is 1.33 bits per heavy atom. The summed E-state index contributed by atoms with van der Waals surface area (Å²) in [7, 11) is 1.32. The number of fused-ring (bicyclic) bond motifs is 1. The maximum Gasteiger partial charge on any atom is 0.270 e. The summed E-state index contributed by atoms with van der Waals surface area (Å²) in [5.41, 5.74) is 0.0451. The molecule has 0 aliphatic carbocycles. The average Bonchev–Trinajstić information content (AvgIpc) is 3.14. The SMILES string of the molecule is COc1ccc(-n2c([C@H]3C[C@H](F)CN3)nc3c(C)cc([N+](=O)[O-])cc3c2=O)cc1F.